The van der Waals surface area contributed by atoms with Crippen molar-refractivity contribution in [1.29, 1.82) is 0 Å². The molecule has 5 nitrogen and oxygen atoms in total. The van der Waals surface area contributed by atoms with E-state index in [0.29, 0.717) is 5.82 Å². The lowest BCUT2D eigenvalue weighted by Gasteiger charge is -2.33. The second-order valence-electron chi connectivity index (χ2n) is 4.24. The molecule has 0 aromatic carbocycles. The van der Waals surface area contributed by atoms with Gasteiger partial charge in [-0.2, -0.15) is 0 Å². The third-order valence-electron chi connectivity index (χ3n) is 2.86. The van der Waals surface area contributed by atoms with Crippen LogP contribution in [0.15, 0.2) is 12.3 Å². The van der Waals surface area contributed by atoms with Gasteiger partial charge in [0, 0.05) is 32.4 Å². The Hall–Kier alpha value is -1.20. The molecular formula is C11H18N4O. The van der Waals surface area contributed by atoms with Gasteiger partial charge in [0.05, 0.1) is 0 Å². The number of aliphatic hydroxyl groups excluding tert-OH is 1. The van der Waals surface area contributed by atoms with Gasteiger partial charge in [-0.3, -0.25) is 0 Å². The zero-order chi connectivity index (χ0) is 11.5. The van der Waals surface area contributed by atoms with Gasteiger partial charge in [0.2, 0.25) is 0 Å². The fourth-order valence-corrected chi connectivity index (χ4v) is 1.78. The van der Waals surface area contributed by atoms with Gasteiger partial charge in [-0.05, 0) is 20.0 Å². The molecule has 1 aliphatic rings. The number of hydrogen-bond donors (Lipinski definition) is 1. The Kier molecular flexibility index (Phi) is 3.36. The summed E-state index contributed by atoms with van der Waals surface area (Å²) in [5.74, 6) is 1.41. The van der Waals surface area contributed by atoms with Crippen LogP contribution in [0, 0.1) is 0 Å². The summed E-state index contributed by atoms with van der Waals surface area (Å²) >= 11 is 0. The van der Waals surface area contributed by atoms with E-state index in [-0.39, 0.29) is 0 Å². The fraction of sp³-hybridized carbons (Fsp3) is 0.636. The van der Waals surface area contributed by atoms with Crippen molar-refractivity contribution in [1.82, 2.24) is 14.9 Å². The summed E-state index contributed by atoms with van der Waals surface area (Å²) < 4.78 is 0. The van der Waals surface area contributed by atoms with Gasteiger partial charge in [0.15, 0.2) is 5.82 Å². The molecule has 1 aliphatic heterocycles. The van der Waals surface area contributed by atoms with E-state index in [1.165, 1.54) is 0 Å². The van der Waals surface area contributed by atoms with Crippen molar-refractivity contribution in [2.24, 2.45) is 0 Å². The molecule has 0 radical (unpaired) electrons. The van der Waals surface area contributed by atoms with E-state index in [9.17, 15) is 5.11 Å². The zero-order valence-electron chi connectivity index (χ0n) is 9.80. The lowest BCUT2D eigenvalue weighted by Crippen LogP contribution is -2.44. The zero-order valence-corrected chi connectivity index (χ0v) is 9.80. The van der Waals surface area contributed by atoms with Gasteiger partial charge in [-0.1, -0.05) is 0 Å². The van der Waals surface area contributed by atoms with E-state index >= 15 is 0 Å². The van der Waals surface area contributed by atoms with Crippen LogP contribution in [0.5, 0.6) is 0 Å². The normalized spacial score (nSPS) is 19.8. The Labute approximate surface area is 95.7 Å². The van der Waals surface area contributed by atoms with Crippen LogP contribution in [-0.4, -0.2) is 53.2 Å². The van der Waals surface area contributed by atoms with E-state index in [2.05, 4.69) is 26.8 Å². The lowest BCUT2D eigenvalue weighted by molar-refractivity contribution is 0.189. The highest BCUT2D eigenvalue weighted by Gasteiger charge is 2.16. The highest BCUT2D eigenvalue weighted by Crippen LogP contribution is 2.15. The first-order chi connectivity index (χ1) is 7.66. The number of aromatic nitrogens is 2. The van der Waals surface area contributed by atoms with Crippen LogP contribution in [0.1, 0.15) is 18.9 Å². The van der Waals surface area contributed by atoms with Crippen LogP contribution in [0.3, 0.4) is 0 Å². The number of nitrogens with zero attached hydrogens (tertiary/aromatic N) is 4. The third kappa shape index (κ3) is 2.48. The van der Waals surface area contributed by atoms with Crippen molar-refractivity contribution in [3.8, 4) is 0 Å². The topological polar surface area (TPSA) is 52.5 Å². The summed E-state index contributed by atoms with van der Waals surface area (Å²) in [5, 5.41) is 9.44. The molecule has 1 atom stereocenters. The molecule has 2 rings (SSSR count). The number of likely N-dealkylation sites (N-methyl/N-ethyl adjacent to an activating group) is 1. The molecule has 1 aromatic heterocycles. The first-order valence-corrected chi connectivity index (χ1v) is 5.61. The Bertz CT molecular complexity index is 348. The van der Waals surface area contributed by atoms with Crippen molar-refractivity contribution in [2.45, 2.75) is 13.0 Å². The first kappa shape index (κ1) is 11.3. The van der Waals surface area contributed by atoms with Crippen LogP contribution < -0.4 is 4.90 Å². The minimum absolute atomic E-state index is 0.497. The molecule has 5 heteroatoms. The summed E-state index contributed by atoms with van der Waals surface area (Å²) in [6, 6.07) is 1.90. The van der Waals surface area contributed by atoms with E-state index < -0.39 is 6.10 Å². The molecule has 0 amide bonds. The molecule has 1 aromatic rings. The van der Waals surface area contributed by atoms with Crippen LogP contribution >= 0.6 is 0 Å². The SMILES string of the molecule is CC(O)c1nccc(N2CCN(C)CC2)n1. The second kappa shape index (κ2) is 4.76. The van der Waals surface area contributed by atoms with Gasteiger partial charge in [-0.25, -0.2) is 9.97 Å². The third-order valence-corrected chi connectivity index (χ3v) is 2.86. The van der Waals surface area contributed by atoms with Gasteiger partial charge in [0.25, 0.3) is 0 Å². The van der Waals surface area contributed by atoms with Crippen molar-refractivity contribution >= 4 is 5.82 Å². The second-order valence-corrected chi connectivity index (χ2v) is 4.24. The molecule has 1 saturated heterocycles. The van der Waals surface area contributed by atoms with E-state index in [1.54, 1.807) is 13.1 Å². The molecule has 2 heterocycles. The highest BCUT2D eigenvalue weighted by molar-refractivity contribution is 5.38. The van der Waals surface area contributed by atoms with Gasteiger partial charge in [-0.15, -0.1) is 0 Å². The Morgan fingerprint density at radius 3 is 2.62 bits per heavy atom. The summed E-state index contributed by atoms with van der Waals surface area (Å²) in [4.78, 5) is 12.9. The molecule has 1 unspecified atom stereocenters. The standard InChI is InChI=1S/C11H18N4O/c1-9(16)11-12-4-3-10(13-11)15-7-5-14(2)6-8-15/h3-4,9,16H,5-8H2,1-2H3. The lowest BCUT2D eigenvalue weighted by atomic mass is 10.3. The molecule has 0 bridgehead atoms. The number of piperazine rings is 1. The maximum Gasteiger partial charge on any atom is 0.158 e. The van der Waals surface area contributed by atoms with Crippen LogP contribution in [0.2, 0.25) is 0 Å². The van der Waals surface area contributed by atoms with Crippen LogP contribution in [0.25, 0.3) is 0 Å². The van der Waals surface area contributed by atoms with Crippen molar-refractivity contribution in [3.05, 3.63) is 18.1 Å². The molecule has 88 valence electrons. The first-order valence-electron chi connectivity index (χ1n) is 5.61. The Balaban J connectivity index is 2.11. The highest BCUT2D eigenvalue weighted by atomic mass is 16.3. The molecule has 0 aliphatic carbocycles. The monoisotopic (exact) mass is 222 g/mol. The number of anilines is 1. The summed E-state index contributed by atoms with van der Waals surface area (Å²) in [6.45, 7) is 5.74. The van der Waals surface area contributed by atoms with Crippen LogP contribution in [0.4, 0.5) is 5.82 Å². The van der Waals surface area contributed by atoms with E-state index in [1.807, 2.05) is 6.07 Å². The van der Waals surface area contributed by atoms with Crippen molar-refractivity contribution in [3.63, 3.8) is 0 Å². The Morgan fingerprint density at radius 2 is 2.00 bits per heavy atom. The van der Waals surface area contributed by atoms with Gasteiger partial charge < -0.3 is 14.9 Å². The minimum Gasteiger partial charge on any atom is -0.385 e. The largest absolute Gasteiger partial charge is 0.385 e. The quantitative estimate of drug-likeness (QED) is 0.779. The number of rotatable bonds is 2. The smallest absolute Gasteiger partial charge is 0.158 e. The maximum atomic E-state index is 9.44. The predicted molar refractivity (Wildman–Crippen MR) is 62.4 cm³/mol. The van der Waals surface area contributed by atoms with Crippen molar-refractivity contribution < 1.29 is 5.11 Å². The van der Waals surface area contributed by atoms with Gasteiger partial charge >= 0.3 is 0 Å². The number of aliphatic hydroxyl groups is 1. The van der Waals surface area contributed by atoms with Crippen molar-refractivity contribution in [2.75, 3.05) is 38.1 Å². The average Bonchev–Trinajstić information content (AvgIpc) is 2.30. The Morgan fingerprint density at radius 1 is 1.31 bits per heavy atom. The minimum atomic E-state index is -0.604. The summed E-state index contributed by atoms with van der Waals surface area (Å²) in [7, 11) is 2.12. The molecule has 0 spiro atoms. The number of hydrogen-bond acceptors (Lipinski definition) is 5. The maximum absolute atomic E-state index is 9.44. The molecule has 1 fully saturated rings. The van der Waals surface area contributed by atoms with E-state index in [4.69, 9.17) is 0 Å². The van der Waals surface area contributed by atoms with E-state index in [0.717, 1.165) is 32.0 Å². The summed E-state index contributed by atoms with van der Waals surface area (Å²) in [6.07, 6.45) is 1.11. The molecule has 16 heavy (non-hydrogen) atoms. The molecule has 1 N–H and O–H groups in total. The molecular weight excluding hydrogens is 204 g/mol. The summed E-state index contributed by atoms with van der Waals surface area (Å²) in [5.41, 5.74) is 0. The van der Waals surface area contributed by atoms with Crippen LogP contribution in [-0.2, 0) is 0 Å². The fourth-order valence-electron chi connectivity index (χ4n) is 1.78. The van der Waals surface area contributed by atoms with Gasteiger partial charge in [0.1, 0.15) is 11.9 Å². The molecule has 0 saturated carbocycles. The average molecular weight is 222 g/mol. The predicted octanol–water partition coefficient (Wildman–Crippen LogP) is 0.282.